The van der Waals surface area contributed by atoms with Crippen molar-refractivity contribution in [1.82, 2.24) is 5.32 Å². The van der Waals surface area contributed by atoms with Crippen LogP contribution in [0.15, 0.2) is 30.3 Å². The molecule has 1 N–H and O–H groups in total. The zero-order chi connectivity index (χ0) is 12.5. The van der Waals surface area contributed by atoms with Crippen molar-refractivity contribution in [2.24, 2.45) is 5.41 Å². The van der Waals surface area contributed by atoms with E-state index in [1.165, 1.54) is 5.56 Å². The maximum absolute atomic E-state index is 11.9. The molecule has 1 aromatic carbocycles. The summed E-state index contributed by atoms with van der Waals surface area (Å²) >= 11 is 5.78. The number of nitrogens with one attached hydrogen (secondary N) is 1. The first-order chi connectivity index (χ1) is 8.04. The quantitative estimate of drug-likeness (QED) is 0.820. The third-order valence-corrected chi connectivity index (χ3v) is 3.95. The lowest BCUT2D eigenvalue weighted by atomic mass is 9.95. The summed E-state index contributed by atoms with van der Waals surface area (Å²) in [5.41, 5.74) is 0.826. The molecule has 2 unspecified atom stereocenters. The standard InChI is InChI=1S/C14H18ClNO/c1-14(2,9-15)13(17)16-12-8-11(12)10-6-4-3-5-7-10/h3-7,11-12H,8-9H2,1-2H3,(H,16,17). The summed E-state index contributed by atoms with van der Waals surface area (Å²) in [5.74, 6) is 0.879. The van der Waals surface area contributed by atoms with Crippen molar-refractivity contribution in [1.29, 1.82) is 0 Å². The summed E-state index contributed by atoms with van der Waals surface area (Å²) in [6.07, 6.45) is 1.04. The van der Waals surface area contributed by atoms with Crippen LogP contribution in [-0.2, 0) is 4.79 Å². The van der Waals surface area contributed by atoms with Gasteiger partial charge in [0.25, 0.3) is 0 Å². The molecule has 0 aliphatic heterocycles. The molecule has 0 aromatic heterocycles. The molecule has 2 atom stereocenters. The first-order valence-corrected chi connectivity index (χ1v) is 6.50. The molecule has 0 spiro atoms. The van der Waals surface area contributed by atoms with Crippen LogP contribution in [0.4, 0.5) is 0 Å². The molecular weight excluding hydrogens is 234 g/mol. The summed E-state index contributed by atoms with van der Waals surface area (Å²) in [5, 5.41) is 3.07. The van der Waals surface area contributed by atoms with Crippen LogP contribution in [-0.4, -0.2) is 17.8 Å². The number of benzene rings is 1. The van der Waals surface area contributed by atoms with Crippen LogP contribution in [0.2, 0.25) is 0 Å². The van der Waals surface area contributed by atoms with Gasteiger partial charge in [0, 0.05) is 17.8 Å². The molecule has 1 amide bonds. The normalized spacial score (nSPS) is 23.2. The Morgan fingerprint density at radius 2 is 2.06 bits per heavy atom. The van der Waals surface area contributed by atoms with E-state index in [-0.39, 0.29) is 11.9 Å². The van der Waals surface area contributed by atoms with Gasteiger partial charge in [-0.25, -0.2) is 0 Å². The zero-order valence-electron chi connectivity index (χ0n) is 10.2. The number of carbonyl (C=O) groups is 1. The maximum Gasteiger partial charge on any atom is 0.227 e. The largest absolute Gasteiger partial charge is 0.352 e. The van der Waals surface area contributed by atoms with E-state index >= 15 is 0 Å². The van der Waals surface area contributed by atoms with Gasteiger partial charge < -0.3 is 5.32 Å². The summed E-state index contributed by atoms with van der Waals surface area (Å²) in [4.78, 5) is 11.9. The molecule has 0 heterocycles. The van der Waals surface area contributed by atoms with Crippen LogP contribution < -0.4 is 5.32 Å². The second kappa shape index (κ2) is 4.69. The van der Waals surface area contributed by atoms with E-state index in [2.05, 4.69) is 17.4 Å². The van der Waals surface area contributed by atoms with E-state index in [9.17, 15) is 4.79 Å². The van der Waals surface area contributed by atoms with Crippen LogP contribution in [0.1, 0.15) is 31.7 Å². The van der Waals surface area contributed by atoms with Gasteiger partial charge in [0.15, 0.2) is 0 Å². The van der Waals surface area contributed by atoms with Crippen LogP contribution >= 0.6 is 11.6 Å². The Morgan fingerprint density at radius 3 is 2.65 bits per heavy atom. The van der Waals surface area contributed by atoms with Crippen molar-refractivity contribution in [3.63, 3.8) is 0 Å². The minimum absolute atomic E-state index is 0.0518. The van der Waals surface area contributed by atoms with Gasteiger partial charge in [-0.2, -0.15) is 0 Å². The molecule has 2 rings (SSSR count). The average Bonchev–Trinajstić information content (AvgIpc) is 3.09. The number of halogens is 1. The Labute approximate surface area is 107 Å². The fraction of sp³-hybridized carbons (Fsp3) is 0.500. The third kappa shape index (κ3) is 2.81. The summed E-state index contributed by atoms with van der Waals surface area (Å²) in [6, 6.07) is 10.6. The van der Waals surface area contributed by atoms with Crippen LogP contribution in [0.25, 0.3) is 0 Å². The molecule has 1 aliphatic carbocycles. The molecule has 2 nitrogen and oxygen atoms in total. The van der Waals surface area contributed by atoms with Gasteiger partial charge in [0.2, 0.25) is 5.91 Å². The van der Waals surface area contributed by atoms with Gasteiger partial charge in [-0.15, -0.1) is 11.6 Å². The first-order valence-electron chi connectivity index (χ1n) is 5.96. The van der Waals surface area contributed by atoms with Crippen LogP contribution in [0.5, 0.6) is 0 Å². The first kappa shape index (κ1) is 12.4. The summed E-state index contributed by atoms with van der Waals surface area (Å²) in [7, 11) is 0. The molecule has 0 radical (unpaired) electrons. The molecule has 1 aliphatic rings. The topological polar surface area (TPSA) is 29.1 Å². The van der Waals surface area contributed by atoms with Crippen LogP contribution in [0.3, 0.4) is 0 Å². The lowest BCUT2D eigenvalue weighted by Gasteiger charge is -2.20. The van der Waals surface area contributed by atoms with Crippen molar-refractivity contribution in [3.8, 4) is 0 Å². The molecule has 1 saturated carbocycles. The van der Waals surface area contributed by atoms with Gasteiger partial charge >= 0.3 is 0 Å². The van der Waals surface area contributed by atoms with Gasteiger partial charge in [-0.05, 0) is 25.8 Å². The summed E-state index contributed by atoms with van der Waals surface area (Å²) in [6.45, 7) is 3.74. The van der Waals surface area contributed by atoms with Gasteiger partial charge in [0.05, 0.1) is 5.41 Å². The maximum atomic E-state index is 11.9. The van der Waals surface area contributed by atoms with Gasteiger partial charge in [0.1, 0.15) is 0 Å². The Morgan fingerprint density at radius 1 is 1.41 bits per heavy atom. The number of alkyl halides is 1. The fourth-order valence-corrected chi connectivity index (χ4v) is 1.97. The molecule has 0 saturated heterocycles. The van der Waals surface area contributed by atoms with E-state index < -0.39 is 5.41 Å². The third-order valence-electron chi connectivity index (χ3n) is 3.28. The molecule has 0 bridgehead atoms. The molecular formula is C14H18ClNO. The molecule has 17 heavy (non-hydrogen) atoms. The van der Waals surface area contributed by atoms with E-state index in [1.807, 2.05) is 32.0 Å². The van der Waals surface area contributed by atoms with E-state index in [0.717, 1.165) is 6.42 Å². The highest BCUT2D eigenvalue weighted by atomic mass is 35.5. The van der Waals surface area contributed by atoms with Crippen molar-refractivity contribution >= 4 is 17.5 Å². The zero-order valence-corrected chi connectivity index (χ0v) is 11.0. The second-order valence-electron chi connectivity index (χ2n) is 5.35. The Bertz CT molecular complexity index is 402. The Hall–Kier alpha value is -1.02. The fourth-order valence-electron chi connectivity index (χ4n) is 1.85. The van der Waals surface area contributed by atoms with Crippen molar-refractivity contribution in [2.45, 2.75) is 32.2 Å². The lowest BCUT2D eigenvalue weighted by Crippen LogP contribution is -2.39. The number of amides is 1. The molecule has 92 valence electrons. The SMILES string of the molecule is CC(C)(CCl)C(=O)NC1CC1c1ccccc1. The minimum atomic E-state index is -0.481. The predicted octanol–water partition coefficient (Wildman–Crippen LogP) is 2.92. The summed E-state index contributed by atoms with van der Waals surface area (Å²) < 4.78 is 0. The highest BCUT2D eigenvalue weighted by molar-refractivity contribution is 6.19. The second-order valence-corrected chi connectivity index (χ2v) is 5.62. The van der Waals surface area contributed by atoms with E-state index in [4.69, 9.17) is 11.6 Å². The number of carbonyl (C=O) groups excluding carboxylic acids is 1. The molecule has 3 heteroatoms. The minimum Gasteiger partial charge on any atom is -0.352 e. The van der Waals surface area contributed by atoms with Crippen molar-refractivity contribution < 1.29 is 4.79 Å². The van der Waals surface area contributed by atoms with E-state index in [0.29, 0.717) is 11.8 Å². The average molecular weight is 252 g/mol. The number of hydrogen-bond acceptors (Lipinski definition) is 1. The van der Waals surface area contributed by atoms with E-state index in [1.54, 1.807) is 0 Å². The van der Waals surface area contributed by atoms with Crippen molar-refractivity contribution in [3.05, 3.63) is 35.9 Å². The molecule has 1 fully saturated rings. The van der Waals surface area contributed by atoms with Gasteiger partial charge in [-0.1, -0.05) is 30.3 Å². The monoisotopic (exact) mass is 251 g/mol. The highest BCUT2D eigenvalue weighted by Gasteiger charge is 2.41. The Kier molecular flexibility index (Phi) is 3.43. The molecule has 1 aromatic rings. The van der Waals surface area contributed by atoms with Gasteiger partial charge in [-0.3, -0.25) is 4.79 Å². The smallest absolute Gasteiger partial charge is 0.227 e. The highest BCUT2D eigenvalue weighted by Crippen LogP contribution is 2.41. The number of hydrogen-bond donors (Lipinski definition) is 1. The van der Waals surface area contributed by atoms with Crippen LogP contribution in [0, 0.1) is 5.41 Å². The number of rotatable bonds is 4. The Balaban J connectivity index is 1.91. The van der Waals surface area contributed by atoms with Crippen molar-refractivity contribution in [2.75, 3.05) is 5.88 Å². The lowest BCUT2D eigenvalue weighted by molar-refractivity contribution is -0.128. The predicted molar refractivity (Wildman–Crippen MR) is 70.2 cm³/mol.